The molecule has 0 aliphatic heterocycles. The van der Waals surface area contributed by atoms with Crippen molar-refractivity contribution < 1.29 is 4.74 Å². The minimum absolute atomic E-state index is 0.613. The summed E-state index contributed by atoms with van der Waals surface area (Å²) < 4.78 is 6.69. The lowest BCUT2D eigenvalue weighted by molar-refractivity contribution is 0.254. The fourth-order valence-corrected chi connectivity index (χ4v) is 2.60. The Bertz CT molecular complexity index is 838. The molecule has 0 saturated heterocycles. The second-order valence-corrected chi connectivity index (χ2v) is 6.61. The van der Waals surface area contributed by atoms with E-state index in [1.807, 2.05) is 56.6 Å². The second kappa shape index (κ2) is 7.59. The minimum Gasteiger partial charge on any atom is -0.476 e. The van der Waals surface area contributed by atoms with Crippen LogP contribution in [-0.2, 0) is 0 Å². The van der Waals surface area contributed by atoms with Crippen LogP contribution in [0.1, 0.15) is 0 Å². The van der Waals surface area contributed by atoms with Gasteiger partial charge in [-0.05, 0) is 44.4 Å². The summed E-state index contributed by atoms with van der Waals surface area (Å²) in [4.78, 5) is 11.0. The summed E-state index contributed by atoms with van der Waals surface area (Å²) in [6.07, 6.45) is 1.74. The average molecular weight is 387 g/mol. The van der Waals surface area contributed by atoms with E-state index in [0.717, 1.165) is 33.4 Å². The van der Waals surface area contributed by atoms with Crippen molar-refractivity contribution in [1.82, 2.24) is 14.9 Å². The van der Waals surface area contributed by atoms with Crippen LogP contribution in [0.4, 0.5) is 11.5 Å². The van der Waals surface area contributed by atoms with Crippen LogP contribution in [0.15, 0.2) is 53.1 Å². The highest BCUT2D eigenvalue weighted by atomic mass is 79.9. The molecule has 0 aliphatic carbocycles. The van der Waals surface area contributed by atoms with Gasteiger partial charge in [-0.25, -0.2) is 9.97 Å². The molecule has 3 aromatic rings. The first-order valence-corrected chi connectivity index (χ1v) is 8.46. The number of nitrogens with one attached hydrogen (secondary N) is 1. The summed E-state index contributed by atoms with van der Waals surface area (Å²) in [7, 11) is 4.03. The number of aromatic nitrogens is 2. The monoisotopic (exact) mass is 386 g/mol. The van der Waals surface area contributed by atoms with Crippen molar-refractivity contribution in [1.29, 1.82) is 0 Å². The van der Waals surface area contributed by atoms with Crippen LogP contribution in [0.25, 0.3) is 10.9 Å². The fraction of sp³-hybridized carbons (Fsp3) is 0.222. The van der Waals surface area contributed by atoms with E-state index in [-0.39, 0.29) is 0 Å². The van der Waals surface area contributed by atoms with Gasteiger partial charge < -0.3 is 15.0 Å². The van der Waals surface area contributed by atoms with Gasteiger partial charge in [0.25, 0.3) is 0 Å². The van der Waals surface area contributed by atoms with Crippen LogP contribution in [0.5, 0.6) is 5.88 Å². The molecule has 0 radical (unpaired) electrons. The van der Waals surface area contributed by atoms with Crippen LogP contribution in [0, 0.1) is 0 Å². The van der Waals surface area contributed by atoms with Gasteiger partial charge in [-0.1, -0.05) is 22.0 Å². The molecule has 2 aromatic heterocycles. The van der Waals surface area contributed by atoms with Crippen LogP contribution in [0.3, 0.4) is 0 Å². The number of hydrogen-bond acceptors (Lipinski definition) is 5. The Morgan fingerprint density at radius 3 is 2.83 bits per heavy atom. The molecule has 0 aliphatic rings. The Morgan fingerprint density at radius 1 is 1.17 bits per heavy atom. The number of benzene rings is 1. The molecule has 0 fully saturated rings. The number of hydrogen-bond donors (Lipinski definition) is 1. The molecule has 1 aromatic carbocycles. The van der Waals surface area contributed by atoms with E-state index in [4.69, 9.17) is 4.74 Å². The van der Waals surface area contributed by atoms with Crippen molar-refractivity contribution in [2.75, 3.05) is 32.6 Å². The molecule has 0 amide bonds. The highest BCUT2D eigenvalue weighted by molar-refractivity contribution is 9.10. The Morgan fingerprint density at radius 2 is 2.04 bits per heavy atom. The molecule has 3 rings (SSSR count). The van der Waals surface area contributed by atoms with E-state index >= 15 is 0 Å². The van der Waals surface area contributed by atoms with E-state index in [1.165, 1.54) is 0 Å². The lowest BCUT2D eigenvalue weighted by atomic mass is 10.2. The van der Waals surface area contributed by atoms with Gasteiger partial charge in [0.2, 0.25) is 5.88 Å². The fourth-order valence-electron chi connectivity index (χ4n) is 2.20. The van der Waals surface area contributed by atoms with E-state index in [1.54, 1.807) is 6.20 Å². The zero-order chi connectivity index (χ0) is 16.9. The highest BCUT2D eigenvalue weighted by Gasteiger charge is 2.03. The first-order valence-electron chi connectivity index (χ1n) is 7.67. The molecule has 124 valence electrons. The van der Waals surface area contributed by atoms with Crippen LogP contribution < -0.4 is 10.1 Å². The third kappa shape index (κ3) is 4.43. The van der Waals surface area contributed by atoms with Gasteiger partial charge in [0.1, 0.15) is 12.4 Å². The number of nitrogens with zero attached hydrogens (tertiary/aromatic N) is 3. The summed E-state index contributed by atoms with van der Waals surface area (Å²) >= 11 is 3.47. The van der Waals surface area contributed by atoms with Gasteiger partial charge in [0, 0.05) is 28.2 Å². The van der Waals surface area contributed by atoms with E-state index < -0.39 is 0 Å². The number of halogens is 1. The topological polar surface area (TPSA) is 50.3 Å². The largest absolute Gasteiger partial charge is 0.476 e. The first kappa shape index (κ1) is 16.7. The zero-order valence-electron chi connectivity index (χ0n) is 13.7. The Hall–Kier alpha value is -2.18. The smallest absolute Gasteiger partial charge is 0.213 e. The number of likely N-dealkylation sites (N-methyl/N-ethyl adjacent to an activating group) is 1. The third-order valence-electron chi connectivity index (χ3n) is 3.44. The molecule has 2 heterocycles. The van der Waals surface area contributed by atoms with Crippen molar-refractivity contribution >= 4 is 38.3 Å². The lowest BCUT2D eigenvalue weighted by Crippen LogP contribution is -2.19. The molecule has 1 N–H and O–H groups in total. The van der Waals surface area contributed by atoms with Crippen LogP contribution >= 0.6 is 15.9 Å². The Balaban J connectivity index is 1.74. The number of fused-ring (bicyclic) bond motifs is 1. The quantitative estimate of drug-likeness (QED) is 0.691. The molecule has 0 atom stereocenters. The summed E-state index contributed by atoms with van der Waals surface area (Å²) in [5.74, 6) is 1.41. The van der Waals surface area contributed by atoms with Crippen LogP contribution in [-0.4, -0.2) is 42.1 Å². The molecule has 0 spiro atoms. The Labute approximate surface area is 149 Å². The highest BCUT2D eigenvalue weighted by Crippen LogP contribution is 2.22. The number of pyridine rings is 2. The van der Waals surface area contributed by atoms with Gasteiger partial charge in [-0.3, -0.25) is 0 Å². The maximum absolute atomic E-state index is 5.66. The maximum atomic E-state index is 5.66. The number of rotatable bonds is 6. The summed E-state index contributed by atoms with van der Waals surface area (Å²) in [5.41, 5.74) is 1.81. The van der Waals surface area contributed by atoms with Gasteiger partial charge in [-0.15, -0.1) is 0 Å². The molecule has 6 heteroatoms. The molecule has 24 heavy (non-hydrogen) atoms. The van der Waals surface area contributed by atoms with E-state index in [2.05, 4.69) is 36.1 Å². The molecule has 5 nitrogen and oxygen atoms in total. The predicted octanol–water partition coefficient (Wildman–Crippen LogP) is 4.08. The summed E-state index contributed by atoms with van der Waals surface area (Å²) in [6.45, 7) is 1.47. The van der Waals surface area contributed by atoms with E-state index in [0.29, 0.717) is 12.5 Å². The summed E-state index contributed by atoms with van der Waals surface area (Å²) in [6, 6.07) is 13.9. The van der Waals surface area contributed by atoms with Gasteiger partial charge in [0.05, 0.1) is 11.7 Å². The van der Waals surface area contributed by atoms with E-state index in [9.17, 15) is 0 Å². The average Bonchev–Trinajstić information content (AvgIpc) is 2.54. The standard InChI is InChI=1S/C18H19BrN4O/c1-23(2)8-9-24-18-10-13-6-7-17(22-16(13)12-20-18)21-15-5-3-4-14(19)11-15/h3-7,10-12H,8-9H2,1-2H3,(H,21,22). The number of anilines is 2. The molecule has 0 saturated carbocycles. The first-order chi connectivity index (χ1) is 11.6. The molecule has 0 unspecified atom stereocenters. The Kier molecular flexibility index (Phi) is 5.27. The van der Waals surface area contributed by atoms with Gasteiger partial charge in [-0.2, -0.15) is 0 Å². The van der Waals surface area contributed by atoms with Crippen LogP contribution in [0.2, 0.25) is 0 Å². The SMILES string of the molecule is CN(C)CCOc1cc2ccc(Nc3cccc(Br)c3)nc2cn1. The van der Waals surface area contributed by atoms with Crippen molar-refractivity contribution in [3.8, 4) is 5.88 Å². The summed E-state index contributed by atoms with van der Waals surface area (Å²) in [5, 5.41) is 4.30. The second-order valence-electron chi connectivity index (χ2n) is 5.70. The predicted molar refractivity (Wildman–Crippen MR) is 101 cm³/mol. The van der Waals surface area contributed by atoms with Crippen molar-refractivity contribution in [2.24, 2.45) is 0 Å². The number of ether oxygens (including phenoxy) is 1. The zero-order valence-corrected chi connectivity index (χ0v) is 15.2. The third-order valence-corrected chi connectivity index (χ3v) is 3.93. The van der Waals surface area contributed by atoms with Gasteiger partial charge in [0.15, 0.2) is 0 Å². The lowest BCUT2D eigenvalue weighted by Gasteiger charge is -2.11. The normalized spacial score (nSPS) is 11.0. The molecular formula is C18H19BrN4O. The minimum atomic E-state index is 0.613. The van der Waals surface area contributed by atoms with Crippen molar-refractivity contribution in [2.45, 2.75) is 0 Å². The maximum Gasteiger partial charge on any atom is 0.213 e. The molecular weight excluding hydrogens is 368 g/mol. The molecule has 0 bridgehead atoms. The van der Waals surface area contributed by atoms with Crippen molar-refractivity contribution in [3.05, 3.63) is 53.1 Å². The van der Waals surface area contributed by atoms with Gasteiger partial charge >= 0.3 is 0 Å². The van der Waals surface area contributed by atoms with Crippen molar-refractivity contribution in [3.63, 3.8) is 0 Å².